The van der Waals surface area contributed by atoms with E-state index >= 15 is 0 Å². The molecular formula is C13H13ClN2O2S. The molecule has 0 spiro atoms. The van der Waals surface area contributed by atoms with Crippen LogP contribution >= 0.6 is 22.9 Å². The molecule has 1 N–H and O–H groups in total. The Hall–Kier alpha value is -1.59. The summed E-state index contributed by atoms with van der Waals surface area (Å²) in [7, 11) is 1.36. The number of thiazole rings is 1. The van der Waals surface area contributed by atoms with Crippen molar-refractivity contribution in [1.82, 2.24) is 4.98 Å². The van der Waals surface area contributed by atoms with Gasteiger partial charge in [0, 0.05) is 11.6 Å². The lowest BCUT2D eigenvalue weighted by Gasteiger charge is -2.02. The van der Waals surface area contributed by atoms with Crippen molar-refractivity contribution in [3.05, 3.63) is 45.4 Å². The lowest BCUT2D eigenvalue weighted by atomic mass is 10.2. The van der Waals surface area contributed by atoms with E-state index in [-0.39, 0.29) is 5.97 Å². The van der Waals surface area contributed by atoms with Crippen LogP contribution in [0.25, 0.3) is 0 Å². The lowest BCUT2D eigenvalue weighted by molar-refractivity contribution is 0.0605. The van der Waals surface area contributed by atoms with E-state index in [1.807, 2.05) is 24.3 Å². The maximum atomic E-state index is 11.5. The van der Waals surface area contributed by atoms with Crippen LogP contribution in [0.3, 0.4) is 0 Å². The molecule has 0 aliphatic carbocycles. The highest BCUT2D eigenvalue weighted by Crippen LogP contribution is 2.23. The maximum Gasteiger partial charge on any atom is 0.350 e. The zero-order valence-electron chi connectivity index (χ0n) is 10.6. The van der Waals surface area contributed by atoms with Gasteiger partial charge in [-0.25, -0.2) is 9.78 Å². The highest BCUT2D eigenvalue weighted by atomic mass is 35.5. The number of aryl methyl sites for hydroxylation is 1. The maximum absolute atomic E-state index is 11.5. The Kier molecular flexibility index (Phi) is 4.39. The number of nitrogens with zero attached hydrogens (tertiary/aromatic N) is 1. The van der Waals surface area contributed by atoms with Gasteiger partial charge in [-0.2, -0.15) is 0 Å². The molecule has 1 aromatic carbocycles. The molecule has 100 valence electrons. The van der Waals surface area contributed by atoms with E-state index in [4.69, 9.17) is 16.3 Å². The van der Waals surface area contributed by atoms with E-state index in [1.54, 1.807) is 6.92 Å². The SMILES string of the molecule is COC(=O)c1sc(NCc2ccc(Cl)cc2)nc1C. The van der Waals surface area contributed by atoms with Gasteiger partial charge in [-0.05, 0) is 24.6 Å². The number of benzene rings is 1. The topological polar surface area (TPSA) is 51.2 Å². The van der Waals surface area contributed by atoms with Crippen LogP contribution in [0, 0.1) is 6.92 Å². The van der Waals surface area contributed by atoms with Crippen molar-refractivity contribution < 1.29 is 9.53 Å². The zero-order chi connectivity index (χ0) is 13.8. The molecule has 1 heterocycles. The highest BCUT2D eigenvalue weighted by molar-refractivity contribution is 7.17. The fraction of sp³-hybridized carbons (Fsp3) is 0.231. The van der Waals surface area contributed by atoms with Gasteiger partial charge in [0.1, 0.15) is 4.88 Å². The fourth-order valence-electron chi connectivity index (χ4n) is 1.53. The standard InChI is InChI=1S/C13H13ClN2O2S/c1-8-11(12(17)18-2)19-13(16-8)15-7-9-3-5-10(14)6-4-9/h3-6H,7H2,1-2H3,(H,15,16). The number of halogens is 1. The van der Waals surface area contributed by atoms with Gasteiger partial charge in [0.25, 0.3) is 0 Å². The Labute approximate surface area is 120 Å². The quantitative estimate of drug-likeness (QED) is 0.877. The van der Waals surface area contributed by atoms with Crippen LogP contribution in [0.15, 0.2) is 24.3 Å². The van der Waals surface area contributed by atoms with Crippen LogP contribution in [0.5, 0.6) is 0 Å². The summed E-state index contributed by atoms with van der Waals surface area (Å²) in [6, 6.07) is 7.56. The molecule has 0 radical (unpaired) electrons. The number of rotatable bonds is 4. The Morgan fingerprint density at radius 3 is 2.74 bits per heavy atom. The summed E-state index contributed by atoms with van der Waals surface area (Å²) in [6.45, 7) is 2.42. The Bertz CT molecular complexity index is 581. The first-order valence-electron chi connectivity index (χ1n) is 5.64. The zero-order valence-corrected chi connectivity index (χ0v) is 12.1. The molecule has 2 rings (SSSR count). The average Bonchev–Trinajstić information content (AvgIpc) is 2.78. The Morgan fingerprint density at radius 2 is 2.11 bits per heavy atom. The summed E-state index contributed by atoms with van der Waals surface area (Å²) >= 11 is 7.11. The minimum absolute atomic E-state index is 0.352. The van der Waals surface area contributed by atoms with Gasteiger partial charge in [0.2, 0.25) is 0 Å². The highest BCUT2D eigenvalue weighted by Gasteiger charge is 2.15. The first-order valence-corrected chi connectivity index (χ1v) is 6.83. The minimum atomic E-state index is -0.352. The third-order valence-electron chi connectivity index (χ3n) is 2.52. The molecule has 0 amide bonds. The van der Waals surface area contributed by atoms with Gasteiger partial charge >= 0.3 is 5.97 Å². The number of esters is 1. The average molecular weight is 297 g/mol. The van der Waals surface area contributed by atoms with E-state index in [9.17, 15) is 4.79 Å². The molecule has 4 nitrogen and oxygen atoms in total. The molecule has 0 unspecified atom stereocenters. The largest absolute Gasteiger partial charge is 0.465 e. The first kappa shape index (κ1) is 13.8. The molecule has 0 bridgehead atoms. The van der Waals surface area contributed by atoms with Crippen LogP contribution in [-0.2, 0) is 11.3 Å². The summed E-state index contributed by atoms with van der Waals surface area (Å²) in [5, 5.41) is 4.59. The molecule has 6 heteroatoms. The smallest absolute Gasteiger partial charge is 0.350 e. The van der Waals surface area contributed by atoms with Gasteiger partial charge in [-0.3, -0.25) is 0 Å². The van der Waals surface area contributed by atoms with Crippen molar-refractivity contribution >= 4 is 34.0 Å². The number of hydrogen-bond acceptors (Lipinski definition) is 5. The Balaban J connectivity index is 2.04. The minimum Gasteiger partial charge on any atom is -0.465 e. The first-order chi connectivity index (χ1) is 9.10. The predicted octanol–water partition coefficient (Wildman–Crippen LogP) is 3.50. The number of nitrogens with one attached hydrogen (secondary N) is 1. The van der Waals surface area contributed by atoms with E-state index in [0.29, 0.717) is 27.3 Å². The summed E-state index contributed by atoms with van der Waals surface area (Å²) in [5.74, 6) is -0.352. The summed E-state index contributed by atoms with van der Waals surface area (Å²) in [6.07, 6.45) is 0. The van der Waals surface area contributed by atoms with Gasteiger partial charge in [0.15, 0.2) is 5.13 Å². The summed E-state index contributed by atoms with van der Waals surface area (Å²) in [4.78, 5) is 16.3. The molecule has 0 fully saturated rings. The number of aromatic nitrogens is 1. The lowest BCUT2D eigenvalue weighted by Crippen LogP contribution is -1.99. The van der Waals surface area contributed by atoms with Crippen molar-refractivity contribution in [3.8, 4) is 0 Å². The molecule has 0 saturated heterocycles. The van der Waals surface area contributed by atoms with Crippen molar-refractivity contribution in [3.63, 3.8) is 0 Å². The number of anilines is 1. The number of carbonyl (C=O) groups is 1. The third kappa shape index (κ3) is 3.45. The van der Waals surface area contributed by atoms with E-state index in [0.717, 1.165) is 5.56 Å². The molecule has 19 heavy (non-hydrogen) atoms. The molecule has 0 atom stereocenters. The third-order valence-corrected chi connectivity index (χ3v) is 3.87. The van der Waals surface area contributed by atoms with E-state index < -0.39 is 0 Å². The summed E-state index contributed by atoms with van der Waals surface area (Å²) in [5.41, 5.74) is 1.77. The van der Waals surface area contributed by atoms with Crippen LogP contribution in [0.2, 0.25) is 5.02 Å². The molecule has 2 aromatic rings. The molecule has 0 aliphatic rings. The van der Waals surface area contributed by atoms with Gasteiger partial charge in [-0.1, -0.05) is 35.1 Å². The van der Waals surface area contributed by atoms with Crippen LogP contribution in [0.1, 0.15) is 20.9 Å². The Morgan fingerprint density at radius 1 is 1.42 bits per heavy atom. The summed E-state index contributed by atoms with van der Waals surface area (Å²) < 4.78 is 4.70. The van der Waals surface area contributed by atoms with Crippen molar-refractivity contribution in [2.45, 2.75) is 13.5 Å². The number of carbonyl (C=O) groups excluding carboxylic acids is 1. The van der Waals surface area contributed by atoms with Crippen LogP contribution < -0.4 is 5.32 Å². The number of methoxy groups -OCH3 is 1. The molecular weight excluding hydrogens is 284 g/mol. The second-order valence-electron chi connectivity index (χ2n) is 3.91. The van der Waals surface area contributed by atoms with Gasteiger partial charge < -0.3 is 10.1 Å². The molecule has 0 aliphatic heterocycles. The molecule has 0 saturated carbocycles. The fourth-order valence-corrected chi connectivity index (χ4v) is 2.54. The van der Waals surface area contributed by atoms with Crippen molar-refractivity contribution in [2.24, 2.45) is 0 Å². The van der Waals surface area contributed by atoms with Gasteiger partial charge in [0.05, 0.1) is 12.8 Å². The molecule has 1 aromatic heterocycles. The van der Waals surface area contributed by atoms with E-state index in [1.165, 1.54) is 18.4 Å². The second-order valence-corrected chi connectivity index (χ2v) is 5.34. The van der Waals surface area contributed by atoms with Crippen LogP contribution in [0.4, 0.5) is 5.13 Å². The second kappa shape index (κ2) is 6.04. The van der Waals surface area contributed by atoms with Crippen molar-refractivity contribution in [1.29, 1.82) is 0 Å². The normalized spacial score (nSPS) is 10.3. The van der Waals surface area contributed by atoms with Gasteiger partial charge in [-0.15, -0.1) is 0 Å². The monoisotopic (exact) mass is 296 g/mol. The van der Waals surface area contributed by atoms with Crippen LogP contribution in [-0.4, -0.2) is 18.1 Å². The van der Waals surface area contributed by atoms with E-state index in [2.05, 4.69) is 10.3 Å². The van der Waals surface area contributed by atoms with Crippen molar-refractivity contribution in [2.75, 3.05) is 12.4 Å². The predicted molar refractivity (Wildman–Crippen MR) is 77.0 cm³/mol. The number of ether oxygens (including phenoxy) is 1. The number of hydrogen-bond donors (Lipinski definition) is 1.